The number of ether oxygens (including phenoxy) is 1. The van der Waals surface area contributed by atoms with Crippen LogP contribution in [-0.4, -0.2) is 48.0 Å². The standard InChI is InChI=1S/C27H29F3N6O3/c1-15(37)32-24-17(11-16-7-5-6-8-19(16)24)12-22-20(27(28,29)30)14-31-25(35-22)34-21-10-9-18(13-23(21)39-4)33-26(38)36(2)3/h5-10,13-14,17,24H,11-12H2,1-4H3,(H,32,37)(H,33,38)(H,31,34,35)/t17-,24-/m0/s1. The first-order valence-electron chi connectivity index (χ1n) is 12.2. The molecule has 1 heterocycles. The zero-order valence-corrected chi connectivity index (χ0v) is 21.9. The molecule has 1 aromatic heterocycles. The summed E-state index contributed by atoms with van der Waals surface area (Å²) in [6.45, 7) is 1.39. The minimum Gasteiger partial charge on any atom is -0.494 e. The van der Waals surface area contributed by atoms with Crippen LogP contribution >= 0.6 is 0 Å². The topological polar surface area (TPSA) is 108 Å². The number of hydrogen-bond donors (Lipinski definition) is 3. The van der Waals surface area contributed by atoms with Crippen molar-refractivity contribution in [2.45, 2.75) is 32.0 Å². The predicted octanol–water partition coefficient (Wildman–Crippen LogP) is 4.93. The fourth-order valence-electron chi connectivity index (χ4n) is 4.63. The zero-order chi connectivity index (χ0) is 28.3. The molecule has 0 bridgehead atoms. The smallest absolute Gasteiger partial charge is 0.419 e. The third-order valence-corrected chi connectivity index (χ3v) is 6.44. The van der Waals surface area contributed by atoms with Gasteiger partial charge in [0.25, 0.3) is 0 Å². The molecule has 9 nitrogen and oxygen atoms in total. The molecule has 2 aromatic carbocycles. The molecule has 0 aliphatic heterocycles. The number of anilines is 3. The maximum Gasteiger partial charge on any atom is 0.419 e. The van der Waals surface area contributed by atoms with E-state index in [0.29, 0.717) is 23.5 Å². The monoisotopic (exact) mass is 542 g/mol. The Balaban J connectivity index is 1.63. The van der Waals surface area contributed by atoms with E-state index in [1.807, 2.05) is 24.3 Å². The van der Waals surface area contributed by atoms with Crippen LogP contribution in [0.2, 0.25) is 0 Å². The molecule has 0 unspecified atom stereocenters. The lowest BCUT2D eigenvalue weighted by atomic mass is 9.93. The van der Waals surface area contributed by atoms with Gasteiger partial charge in [-0.25, -0.2) is 14.8 Å². The molecule has 12 heteroatoms. The average molecular weight is 543 g/mol. The third-order valence-electron chi connectivity index (χ3n) is 6.44. The molecule has 0 spiro atoms. The number of methoxy groups -OCH3 is 1. The molecular formula is C27H29F3N6O3. The third kappa shape index (κ3) is 6.39. The van der Waals surface area contributed by atoms with Crippen molar-refractivity contribution in [1.82, 2.24) is 20.2 Å². The summed E-state index contributed by atoms with van der Waals surface area (Å²) in [5.74, 6) is -0.314. The number of rotatable bonds is 7. The van der Waals surface area contributed by atoms with Crippen LogP contribution in [0, 0.1) is 5.92 Å². The van der Waals surface area contributed by atoms with Crippen molar-refractivity contribution in [2.24, 2.45) is 5.92 Å². The summed E-state index contributed by atoms with van der Waals surface area (Å²) in [6.07, 6.45) is -3.43. The van der Waals surface area contributed by atoms with E-state index < -0.39 is 17.8 Å². The van der Waals surface area contributed by atoms with Crippen LogP contribution in [0.4, 0.5) is 35.3 Å². The van der Waals surface area contributed by atoms with Crippen molar-refractivity contribution in [3.05, 3.63) is 71.0 Å². The van der Waals surface area contributed by atoms with Crippen molar-refractivity contribution in [1.29, 1.82) is 0 Å². The van der Waals surface area contributed by atoms with Crippen LogP contribution in [0.1, 0.15) is 35.3 Å². The highest BCUT2D eigenvalue weighted by Gasteiger charge is 2.39. The second kappa shape index (κ2) is 11.2. The van der Waals surface area contributed by atoms with Crippen LogP contribution in [0.25, 0.3) is 0 Å². The average Bonchev–Trinajstić information content (AvgIpc) is 3.20. The molecule has 0 fully saturated rings. The number of nitrogens with one attached hydrogen (secondary N) is 3. The van der Waals surface area contributed by atoms with Gasteiger partial charge >= 0.3 is 12.2 Å². The summed E-state index contributed by atoms with van der Waals surface area (Å²) < 4.78 is 47.2. The van der Waals surface area contributed by atoms with Crippen molar-refractivity contribution >= 4 is 29.3 Å². The zero-order valence-electron chi connectivity index (χ0n) is 21.9. The summed E-state index contributed by atoms with van der Waals surface area (Å²) in [6, 6.07) is 11.5. The van der Waals surface area contributed by atoms with Gasteiger partial charge in [-0.1, -0.05) is 24.3 Å². The Bertz CT molecular complexity index is 1380. The number of aromatic nitrogens is 2. The van der Waals surface area contributed by atoms with Gasteiger partial charge in [-0.05, 0) is 42.0 Å². The van der Waals surface area contributed by atoms with E-state index in [1.165, 1.54) is 18.9 Å². The fraction of sp³-hybridized carbons (Fsp3) is 0.333. The Labute approximate surface area is 223 Å². The van der Waals surface area contributed by atoms with E-state index in [0.717, 1.165) is 17.3 Å². The quantitative estimate of drug-likeness (QED) is 0.391. The molecule has 0 saturated carbocycles. The Morgan fingerprint density at radius 3 is 2.56 bits per heavy atom. The summed E-state index contributed by atoms with van der Waals surface area (Å²) in [5, 5.41) is 8.52. The molecule has 3 amide bonds. The highest BCUT2D eigenvalue weighted by atomic mass is 19.4. The van der Waals surface area contributed by atoms with Crippen molar-refractivity contribution in [3.63, 3.8) is 0 Å². The van der Waals surface area contributed by atoms with E-state index in [9.17, 15) is 22.8 Å². The van der Waals surface area contributed by atoms with Gasteiger partial charge in [-0.2, -0.15) is 13.2 Å². The van der Waals surface area contributed by atoms with E-state index >= 15 is 0 Å². The van der Waals surface area contributed by atoms with E-state index in [2.05, 4.69) is 25.9 Å². The van der Waals surface area contributed by atoms with Crippen molar-refractivity contribution in [3.8, 4) is 5.75 Å². The largest absolute Gasteiger partial charge is 0.494 e. The SMILES string of the molecule is COc1cc(NC(=O)N(C)C)ccc1Nc1ncc(C(F)(F)F)c(C[C@@H]2Cc3ccccc3[C@H]2NC(C)=O)n1. The van der Waals surface area contributed by atoms with Crippen LogP contribution in [0.15, 0.2) is 48.7 Å². The summed E-state index contributed by atoms with van der Waals surface area (Å²) in [5.41, 5.74) is 1.63. The van der Waals surface area contributed by atoms with Gasteiger partial charge in [-0.3, -0.25) is 4.79 Å². The van der Waals surface area contributed by atoms with Gasteiger partial charge < -0.3 is 25.6 Å². The lowest BCUT2D eigenvalue weighted by Crippen LogP contribution is -2.31. The number of hydrogen-bond acceptors (Lipinski definition) is 6. The maximum atomic E-state index is 13.9. The number of nitrogens with zero attached hydrogens (tertiary/aromatic N) is 3. The first-order chi connectivity index (χ1) is 18.5. The minimum absolute atomic E-state index is 0.0295. The number of urea groups is 1. The van der Waals surface area contributed by atoms with E-state index in [-0.39, 0.29) is 35.9 Å². The van der Waals surface area contributed by atoms with Gasteiger partial charge in [0.1, 0.15) is 5.75 Å². The second-order valence-corrected chi connectivity index (χ2v) is 9.46. The lowest BCUT2D eigenvalue weighted by Gasteiger charge is -2.23. The Morgan fingerprint density at radius 1 is 1.15 bits per heavy atom. The van der Waals surface area contributed by atoms with E-state index in [1.54, 1.807) is 32.3 Å². The van der Waals surface area contributed by atoms with Crippen molar-refractivity contribution < 1.29 is 27.5 Å². The first kappa shape index (κ1) is 27.7. The first-order valence-corrected chi connectivity index (χ1v) is 12.2. The number of benzene rings is 2. The van der Waals surface area contributed by atoms with Crippen LogP contribution in [0.3, 0.4) is 0 Å². The van der Waals surface area contributed by atoms with Gasteiger partial charge in [0, 0.05) is 39.0 Å². The molecule has 1 aliphatic carbocycles. The number of fused-ring (bicyclic) bond motifs is 1. The second-order valence-electron chi connectivity index (χ2n) is 9.46. The number of alkyl halides is 3. The van der Waals surface area contributed by atoms with Crippen molar-refractivity contribution in [2.75, 3.05) is 31.8 Å². The minimum atomic E-state index is -4.66. The van der Waals surface area contributed by atoms with Gasteiger partial charge in [0.05, 0.1) is 30.1 Å². The number of carbonyl (C=O) groups excluding carboxylic acids is 2. The molecular weight excluding hydrogens is 513 g/mol. The molecule has 4 rings (SSSR count). The number of amides is 3. The Hall–Kier alpha value is -4.35. The highest BCUT2D eigenvalue weighted by molar-refractivity contribution is 5.89. The Morgan fingerprint density at radius 2 is 1.90 bits per heavy atom. The molecule has 3 aromatic rings. The van der Waals surface area contributed by atoms with Crippen LogP contribution in [-0.2, 0) is 23.8 Å². The lowest BCUT2D eigenvalue weighted by molar-refractivity contribution is -0.138. The predicted molar refractivity (Wildman–Crippen MR) is 140 cm³/mol. The number of halogens is 3. The number of carbonyl (C=O) groups is 2. The van der Waals surface area contributed by atoms with Gasteiger partial charge in [0.2, 0.25) is 11.9 Å². The highest BCUT2D eigenvalue weighted by Crippen LogP contribution is 2.40. The summed E-state index contributed by atoms with van der Waals surface area (Å²) in [4.78, 5) is 33.4. The summed E-state index contributed by atoms with van der Waals surface area (Å²) in [7, 11) is 4.63. The molecule has 0 radical (unpaired) electrons. The fourth-order valence-corrected chi connectivity index (χ4v) is 4.63. The molecule has 2 atom stereocenters. The normalized spacial score (nSPS) is 16.3. The van der Waals surface area contributed by atoms with Gasteiger partial charge in [-0.15, -0.1) is 0 Å². The maximum absolute atomic E-state index is 13.9. The van der Waals surface area contributed by atoms with Crippen LogP contribution < -0.4 is 20.7 Å². The van der Waals surface area contributed by atoms with Crippen LogP contribution in [0.5, 0.6) is 5.75 Å². The molecule has 206 valence electrons. The van der Waals surface area contributed by atoms with Gasteiger partial charge in [0.15, 0.2) is 0 Å². The van der Waals surface area contributed by atoms with E-state index in [4.69, 9.17) is 4.74 Å². The molecule has 39 heavy (non-hydrogen) atoms. The molecule has 3 N–H and O–H groups in total. The summed E-state index contributed by atoms with van der Waals surface area (Å²) >= 11 is 0. The molecule has 1 aliphatic rings. The molecule has 0 saturated heterocycles. The Kier molecular flexibility index (Phi) is 7.93.